The Kier molecular flexibility index (Phi) is 3.41. The van der Waals surface area contributed by atoms with Crippen molar-refractivity contribution in [3.05, 3.63) is 41.6 Å². The van der Waals surface area contributed by atoms with Crippen LogP contribution in [0.15, 0.2) is 30.5 Å². The highest BCUT2D eigenvalue weighted by Gasteiger charge is 2.25. The fraction of sp³-hybridized carbons (Fsp3) is 0.333. The Morgan fingerprint density at radius 1 is 1.20 bits per heavy atom. The number of nitrogens with one attached hydrogen (secondary N) is 1. The number of benzene rings is 1. The molecule has 0 radical (unpaired) electrons. The molecule has 0 aliphatic heterocycles. The van der Waals surface area contributed by atoms with Gasteiger partial charge in [0.2, 0.25) is 11.8 Å². The summed E-state index contributed by atoms with van der Waals surface area (Å²) in [4.78, 5) is 8.53. The number of fused-ring (bicyclic) bond motifs is 1. The molecule has 1 N–H and O–H groups in total. The van der Waals surface area contributed by atoms with E-state index in [1.165, 1.54) is 11.1 Å². The zero-order chi connectivity index (χ0) is 13.9. The van der Waals surface area contributed by atoms with E-state index in [0.29, 0.717) is 11.8 Å². The Morgan fingerprint density at radius 3 is 2.90 bits per heavy atom. The molecule has 1 aromatic heterocycles. The second kappa shape index (κ2) is 5.36. The van der Waals surface area contributed by atoms with Gasteiger partial charge in [-0.1, -0.05) is 12.1 Å². The van der Waals surface area contributed by atoms with Crippen LogP contribution in [0.25, 0.3) is 0 Å². The lowest BCUT2D eigenvalue weighted by molar-refractivity contribution is 0.397. The molecule has 0 bridgehead atoms. The molecule has 2 aromatic rings. The number of rotatable bonds is 4. The fourth-order valence-electron chi connectivity index (χ4n) is 2.64. The predicted octanol–water partition coefficient (Wildman–Crippen LogP) is 2.59. The number of aromatic nitrogens is 2. The van der Waals surface area contributed by atoms with Crippen molar-refractivity contribution in [2.75, 3.05) is 19.5 Å². The van der Waals surface area contributed by atoms with Crippen LogP contribution >= 0.6 is 0 Å². The summed E-state index contributed by atoms with van der Waals surface area (Å²) in [6.07, 6.45) is 3.70. The quantitative estimate of drug-likeness (QED) is 0.926. The van der Waals surface area contributed by atoms with Gasteiger partial charge in [-0.2, -0.15) is 4.98 Å². The average Bonchev–Trinajstić information content (AvgIpc) is 2.90. The molecule has 1 aliphatic rings. The van der Waals surface area contributed by atoms with Gasteiger partial charge in [-0.15, -0.1) is 0 Å². The first-order valence-electron chi connectivity index (χ1n) is 6.61. The third kappa shape index (κ3) is 2.27. The van der Waals surface area contributed by atoms with E-state index in [9.17, 15) is 0 Å². The summed E-state index contributed by atoms with van der Waals surface area (Å²) in [6.45, 7) is 0. The van der Waals surface area contributed by atoms with Gasteiger partial charge in [0.25, 0.3) is 0 Å². The highest BCUT2D eigenvalue weighted by molar-refractivity contribution is 5.48. The normalized spacial score (nSPS) is 16.6. The minimum absolute atomic E-state index is 0.215. The predicted molar refractivity (Wildman–Crippen MR) is 76.3 cm³/mol. The lowest BCUT2D eigenvalue weighted by Crippen LogP contribution is -2.10. The van der Waals surface area contributed by atoms with Gasteiger partial charge in [-0.05, 0) is 30.0 Å². The van der Waals surface area contributed by atoms with Crippen molar-refractivity contribution in [2.24, 2.45) is 0 Å². The number of nitrogens with zero attached hydrogens (tertiary/aromatic N) is 2. The largest absolute Gasteiger partial charge is 0.496 e. The first kappa shape index (κ1) is 12.7. The van der Waals surface area contributed by atoms with E-state index in [0.717, 1.165) is 18.6 Å². The molecule has 0 saturated heterocycles. The maximum absolute atomic E-state index is 5.41. The third-order valence-corrected chi connectivity index (χ3v) is 3.59. The molecule has 5 nitrogen and oxygen atoms in total. The van der Waals surface area contributed by atoms with Gasteiger partial charge in [-0.25, -0.2) is 4.98 Å². The summed E-state index contributed by atoms with van der Waals surface area (Å²) in [5.41, 5.74) is 2.53. The number of hydrogen-bond acceptors (Lipinski definition) is 5. The molecular formula is C15H17N3O2. The van der Waals surface area contributed by atoms with Gasteiger partial charge in [0.05, 0.1) is 20.3 Å². The molecule has 1 aromatic carbocycles. The van der Waals surface area contributed by atoms with Gasteiger partial charge in [0, 0.05) is 12.3 Å². The van der Waals surface area contributed by atoms with Crippen LogP contribution < -0.4 is 14.8 Å². The Hall–Kier alpha value is -2.30. The minimum Gasteiger partial charge on any atom is -0.496 e. The summed E-state index contributed by atoms with van der Waals surface area (Å²) in [6, 6.07) is 8.10. The Balaban J connectivity index is 1.84. The molecule has 1 unspecified atom stereocenters. The molecule has 0 amide bonds. The molecule has 0 saturated carbocycles. The first-order chi connectivity index (χ1) is 9.81. The van der Waals surface area contributed by atoms with Crippen LogP contribution in [0, 0.1) is 0 Å². The van der Waals surface area contributed by atoms with Crippen LogP contribution in [0.3, 0.4) is 0 Å². The van der Waals surface area contributed by atoms with Gasteiger partial charge >= 0.3 is 0 Å². The van der Waals surface area contributed by atoms with Gasteiger partial charge in [0.1, 0.15) is 5.75 Å². The smallest absolute Gasteiger partial charge is 0.226 e. The molecular weight excluding hydrogens is 254 g/mol. The van der Waals surface area contributed by atoms with Crippen LogP contribution in [0.2, 0.25) is 0 Å². The average molecular weight is 271 g/mol. The topological polar surface area (TPSA) is 56.3 Å². The molecule has 104 valence electrons. The monoisotopic (exact) mass is 271 g/mol. The summed E-state index contributed by atoms with van der Waals surface area (Å²) < 4.78 is 10.5. The molecule has 3 rings (SSSR count). The number of ether oxygens (including phenoxy) is 2. The lowest BCUT2D eigenvalue weighted by atomic mass is 10.1. The van der Waals surface area contributed by atoms with Gasteiger partial charge in [-0.3, -0.25) is 0 Å². The summed E-state index contributed by atoms with van der Waals surface area (Å²) in [7, 11) is 3.31. The number of anilines is 1. The van der Waals surface area contributed by atoms with E-state index in [1.54, 1.807) is 26.5 Å². The van der Waals surface area contributed by atoms with E-state index in [2.05, 4.69) is 21.4 Å². The molecule has 20 heavy (non-hydrogen) atoms. The van der Waals surface area contributed by atoms with Crippen molar-refractivity contribution in [1.82, 2.24) is 9.97 Å². The second-order valence-corrected chi connectivity index (χ2v) is 4.69. The van der Waals surface area contributed by atoms with Crippen molar-refractivity contribution < 1.29 is 9.47 Å². The maximum atomic E-state index is 5.41. The minimum atomic E-state index is 0.215. The van der Waals surface area contributed by atoms with Crippen LogP contribution in [0.1, 0.15) is 23.6 Å². The Labute approximate surface area is 118 Å². The molecule has 0 spiro atoms. The highest BCUT2D eigenvalue weighted by Crippen LogP contribution is 2.38. The zero-order valence-electron chi connectivity index (χ0n) is 11.6. The van der Waals surface area contributed by atoms with Gasteiger partial charge in [0.15, 0.2) is 0 Å². The molecule has 1 atom stereocenters. The zero-order valence-corrected chi connectivity index (χ0v) is 11.6. The van der Waals surface area contributed by atoms with Crippen molar-refractivity contribution >= 4 is 5.95 Å². The van der Waals surface area contributed by atoms with Crippen LogP contribution in [-0.4, -0.2) is 24.2 Å². The van der Waals surface area contributed by atoms with Crippen LogP contribution in [0.5, 0.6) is 11.6 Å². The van der Waals surface area contributed by atoms with Crippen molar-refractivity contribution in [3.63, 3.8) is 0 Å². The van der Waals surface area contributed by atoms with E-state index < -0.39 is 0 Å². The van der Waals surface area contributed by atoms with Crippen LogP contribution in [0.4, 0.5) is 5.95 Å². The summed E-state index contributed by atoms with van der Waals surface area (Å²) in [5, 5.41) is 3.37. The standard InChI is InChI=1S/C15H17N3O2/c1-19-13-5-3-4-10-11(13)6-7-12(10)17-15-16-9-8-14(18-15)20-2/h3-5,8-9,12H,6-7H2,1-2H3,(H,16,17,18). The van der Waals surface area contributed by atoms with Gasteiger partial charge < -0.3 is 14.8 Å². The number of hydrogen-bond donors (Lipinski definition) is 1. The molecule has 1 heterocycles. The van der Waals surface area contributed by atoms with E-state index in [4.69, 9.17) is 9.47 Å². The lowest BCUT2D eigenvalue weighted by Gasteiger charge is -2.14. The second-order valence-electron chi connectivity index (χ2n) is 4.69. The van der Waals surface area contributed by atoms with Crippen molar-refractivity contribution in [2.45, 2.75) is 18.9 Å². The molecule has 5 heteroatoms. The molecule has 0 fully saturated rings. The van der Waals surface area contributed by atoms with Crippen molar-refractivity contribution in [1.29, 1.82) is 0 Å². The number of methoxy groups -OCH3 is 2. The van der Waals surface area contributed by atoms with E-state index in [1.807, 2.05) is 12.1 Å². The summed E-state index contributed by atoms with van der Waals surface area (Å²) in [5.74, 6) is 2.11. The Bertz CT molecular complexity index is 616. The third-order valence-electron chi connectivity index (χ3n) is 3.59. The fourth-order valence-corrected chi connectivity index (χ4v) is 2.64. The van der Waals surface area contributed by atoms with E-state index in [-0.39, 0.29) is 6.04 Å². The first-order valence-corrected chi connectivity index (χ1v) is 6.61. The van der Waals surface area contributed by atoms with E-state index >= 15 is 0 Å². The van der Waals surface area contributed by atoms with Crippen LogP contribution in [-0.2, 0) is 6.42 Å². The highest BCUT2D eigenvalue weighted by atomic mass is 16.5. The SMILES string of the molecule is COc1ccnc(NC2CCc3c(OC)cccc32)n1. The summed E-state index contributed by atoms with van der Waals surface area (Å²) >= 11 is 0. The van der Waals surface area contributed by atoms with Crippen molar-refractivity contribution in [3.8, 4) is 11.6 Å². The Morgan fingerprint density at radius 2 is 2.10 bits per heavy atom. The molecule has 1 aliphatic carbocycles. The maximum Gasteiger partial charge on any atom is 0.226 e.